The molecule has 29 heavy (non-hydrogen) atoms. The minimum atomic E-state index is -0.987. The van der Waals surface area contributed by atoms with Gasteiger partial charge in [-0.1, -0.05) is 23.2 Å². The number of amides is 1. The lowest BCUT2D eigenvalue weighted by Gasteiger charge is -2.27. The van der Waals surface area contributed by atoms with Gasteiger partial charge < -0.3 is 9.84 Å². The Labute approximate surface area is 183 Å². The number of anilines is 1. The zero-order valence-corrected chi connectivity index (χ0v) is 18.3. The summed E-state index contributed by atoms with van der Waals surface area (Å²) in [5.41, 5.74) is 1.30. The molecule has 2 heterocycles. The highest BCUT2D eigenvalue weighted by Crippen LogP contribution is 2.34. The zero-order valence-electron chi connectivity index (χ0n) is 15.9. The second-order valence-corrected chi connectivity index (χ2v) is 8.83. The molecule has 1 aromatic carbocycles. The first-order chi connectivity index (χ1) is 13.8. The number of nitrogens with zero attached hydrogens (tertiary/aromatic N) is 2. The Morgan fingerprint density at radius 3 is 2.90 bits per heavy atom. The van der Waals surface area contributed by atoms with Crippen molar-refractivity contribution in [3.63, 3.8) is 0 Å². The number of hydrogen-bond acceptors (Lipinski definition) is 5. The Kier molecular flexibility index (Phi) is 7.51. The summed E-state index contributed by atoms with van der Waals surface area (Å²) in [6.45, 7) is 1.30. The molecule has 2 aromatic rings. The lowest BCUT2D eigenvalue weighted by molar-refractivity contribution is -0.141. The molecule has 1 unspecified atom stereocenters. The van der Waals surface area contributed by atoms with Crippen LogP contribution in [0.5, 0.6) is 0 Å². The Balaban J connectivity index is 1.77. The van der Waals surface area contributed by atoms with Gasteiger partial charge in [-0.05, 0) is 43.4 Å². The van der Waals surface area contributed by atoms with E-state index in [9.17, 15) is 14.7 Å². The molecule has 0 aliphatic carbocycles. The summed E-state index contributed by atoms with van der Waals surface area (Å²) >= 11 is 13.6. The first kappa shape index (κ1) is 22.0. The number of halogens is 2. The zero-order chi connectivity index (χ0) is 21.0. The van der Waals surface area contributed by atoms with Crippen molar-refractivity contribution >= 4 is 51.5 Å². The van der Waals surface area contributed by atoms with Crippen LogP contribution >= 0.6 is 34.5 Å². The molecular formula is C20H22Cl2N2O4S. The maximum atomic E-state index is 13.1. The molecule has 1 amide bonds. The molecule has 9 heteroatoms. The van der Waals surface area contributed by atoms with E-state index in [0.29, 0.717) is 39.5 Å². The summed E-state index contributed by atoms with van der Waals surface area (Å²) < 4.78 is 5.48. The molecule has 1 aliphatic heterocycles. The third kappa shape index (κ3) is 5.69. The Hall–Kier alpha value is -1.67. The summed E-state index contributed by atoms with van der Waals surface area (Å²) in [6.07, 6.45) is 2.17. The first-order valence-corrected chi connectivity index (χ1v) is 11.0. The third-order valence-corrected chi connectivity index (χ3v) is 6.44. The van der Waals surface area contributed by atoms with Crippen molar-refractivity contribution in [3.05, 3.63) is 33.6 Å². The summed E-state index contributed by atoms with van der Waals surface area (Å²) in [5, 5.41) is 12.6. The molecule has 1 saturated heterocycles. The van der Waals surface area contributed by atoms with E-state index in [1.165, 1.54) is 16.2 Å². The monoisotopic (exact) mass is 456 g/mol. The van der Waals surface area contributed by atoms with E-state index in [-0.39, 0.29) is 18.2 Å². The lowest BCUT2D eigenvalue weighted by atomic mass is 9.88. The third-order valence-electron chi connectivity index (χ3n) is 4.96. The Morgan fingerprint density at radius 1 is 1.41 bits per heavy atom. The van der Waals surface area contributed by atoms with Crippen LogP contribution in [0.25, 0.3) is 11.3 Å². The van der Waals surface area contributed by atoms with Crippen LogP contribution in [0.4, 0.5) is 5.13 Å². The summed E-state index contributed by atoms with van der Waals surface area (Å²) in [5.74, 6) is -1.66. The maximum Gasteiger partial charge on any atom is 0.304 e. The molecule has 0 saturated carbocycles. The highest BCUT2D eigenvalue weighted by atomic mass is 35.5. The van der Waals surface area contributed by atoms with E-state index < -0.39 is 11.9 Å². The van der Waals surface area contributed by atoms with E-state index in [1.807, 2.05) is 0 Å². The van der Waals surface area contributed by atoms with Gasteiger partial charge >= 0.3 is 5.97 Å². The predicted octanol–water partition coefficient (Wildman–Crippen LogP) is 4.99. The summed E-state index contributed by atoms with van der Waals surface area (Å²) in [6, 6.07) is 5.12. The van der Waals surface area contributed by atoms with Crippen molar-refractivity contribution in [2.75, 3.05) is 25.2 Å². The van der Waals surface area contributed by atoms with Gasteiger partial charge in [0, 0.05) is 42.1 Å². The fourth-order valence-corrected chi connectivity index (χ4v) is 4.66. The Bertz CT molecular complexity index is 883. The molecule has 0 spiro atoms. The predicted molar refractivity (Wildman–Crippen MR) is 115 cm³/mol. The molecule has 1 fully saturated rings. The van der Waals surface area contributed by atoms with Crippen LogP contribution < -0.4 is 4.90 Å². The number of aliphatic carboxylic acids is 1. The van der Waals surface area contributed by atoms with Crippen molar-refractivity contribution in [1.82, 2.24) is 4.98 Å². The molecular weight excluding hydrogens is 435 g/mol. The van der Waals surface area contributed by atoms with Gasteiger partial charge in [-0.3, -0.25) is 14.5 Å². The van der Waals surface area contributed by atoms with Crippen LogP contribution in [-0.4, -0.2) is 42.2 Å². The van der Waals surface area contributed by atoms with Crippen LogP contribution in [0.2, 0.25) is 10.0 Å². The van der Waals surface area contributed by atoms with Gasteiger partial charge in [-0.15, -0.1) is 11.3 Å². The van der Waals surface area contributed by atoms with E-state index in [2.05, 4.69) is 4.98 Å². The van der Waals surface area contributed by atoms with Gasteiger partial charge in [0.05, 0.1) is 17.1 Å². The van der Waals surface area contributed by atoms with Crippen LogP contribution in [0.3, 0.4) is 0 Å². The van der Waals surface area contributed by atoms with Gasteiger partial charge in [0.25, 0.3) is 0 Å². The number of thiazole rings is 1. The standard InChI is InChI=1S/C20H22Cl2N2O4S/c1-24(19(27)13(8-18(25)26)7-12-3-2-6-28-10-12)20-23-17(11-29-20)15-9-14(21)4-5-16(15)22/h4-5,9,11-13H,2-3,6-8,10H2,1H3,(H,25,26)/t12?,13-/m1/s1. The number of hydrogen-bond donors (Lipinski definition) is 1. The molecule has 2 atom stereocenters. The molecule has 6 nitrogen and oxygen atoms in total. The second kappa shape index (κ2) is 9.89. The summed E-state index contributed by atoms with van der Waals surface area (Å²) in [4.78, 5) is 30.3. The van der Waals surface area contributed by atoms with Crippen LogP contribution in [0.1, 0.15) is 25.7 Å². The van der Waals surface area contributed by atoms with Crippen molar-refractivity contribution in [3.8, 4) is 11.3 Å². The summed E-state index contributed by atoms with van der Waals surface area (Å²) in [7, 11) is 1.62. The van der Waals surface area contributed by atoms with Gasteiger partial charge in [-0.25, -0.2) is 4.98 Å². The molecule has 1 aliphatic rings. The molecule has 0 radical (unpaired) electrons. The number of rotatable bonds is 7. The van der Waals surface area contributed by atoms with E-state index in [4.69, 9.17) is 27.9 Å². The highest BCUT2D eigenvalue weighted by molar-refractivity contribution is 7.14. The van der Waals surface area contributed by atoms with Crippen molar-refractivity contribution in [2.24, 2.45) is 11.8 Å². The average molecular weight is 457 g/mol. The van der Waals surface area contributed by atoms with Crippen molar-refractivity contribution < 1.29 is 19.4 Å². The molecule has 3 rings (SSSR count). The van der Waals surface area contributed by atoms with Crippen LogP contribution in [0, 0.1) is 11.8 Å². The van der Waals surface area contributed by atoms with Crippen molar-refractivity contribution in [2.45, 2.75) is 25.7 Å². The smallest absolute Gasteiger partial charge is 0.304 e. The van der Waals surface area contributed by atoms with Gasteiger partial charge in [0.15, 0.2) is 5.13 Å². The maximum absolute atomic E-state index is 13.1. The highest BCUT2D eigenvalue weighted by Gasteiger charge is 2.30. The Morgan fingerprint density at radius 2 is 2.21 bits per heavy atom. The first-order valence-electron chi connectivity index (χ1n) is 9.33. The quantitative estimate of drug-likeness (QED) is 0.634. The minimum absolute atomic E-state index is 0.197. The van der Waals surface area contributed by atoms with Gasteiger partial charge in [-0.2, -0.15) is 0 Å². The van der Waals surface area contributed by atoms with Crippen molar-refractivity contribution in [1.29, 1.82) is 0 Å². The molecule has 156 valence electrons. The van der Waals surface area contributed by atoms with Gasteiger partial charge in [0.2, 0.25) is 5.91 Å². The number of aromatic nitrogens is 1. The number of benzene rings is 1. The minimum Gasteiger partial charge on any atom is -0.481 e. The van der Waals surface area contributed by atoms with E-state index in [0.717, 1.165) is 19.4 Å². The number of carboxylic acids is 1. The fourth-order valence-electron chi connectivity index (χ4n) is 3.48. The van der Waals surface area contributed by atoms with Crippen LogP contribution in [0.15, 0.2) is 23.6 Å². The average Bonchev–Trinajstić information content (AvgIpc) is 3.18. The van der Waals surface area contributed by atoms with E-state index in [1.54, 1.807) is 30.6 Å². The number of carbonyl (C=O) groups is 2. The largest absolute Gasteiger partial charge is 0.481 e. The molecule has 1 N–H and O–H groups in total. The SMILES string of the molecule is CN(C(=O)[C@@H](CC(=O)O)CC1CCCOC1)c1nc(-c2cc(Cl)ccc2Cl)cs1. The number of ether oxygens (including phenoxy) is 1. The number of carbonyl (C=O) groups excluding carboxylic acids is 1. The molecule has 0 bridgehead atoms. The fraction of sp³-hybridized carbons (Fsp3) is 0.450. The lowest BCUT2D eigenvalue weighted by Crippen LogP contribution is -2.36. The topological polar surface area (TPSA) is 79.7 Å². The second-order valence-electron chi connectivity index (χ2n) is 7.15. The van der Waals surface area contributed by atoms with Crippen LogP contribution in [-0.2, 0) is 14.3 Å². The van der Waals surface area contributed by atoms with Gasteiger partial charge in [0.1, 0.15) is 0 Å². The number of carboxylic acid groups (broad SMARTS) is 1. The van der Waals surface area contributed by atoms with E-state index >= 15 is 0 Å². The normalized spacial score (nSPS) is 17.7. The molecule has 1 aromatic heterocycles.